The lowest BCUT2D eigenvalue weighted by molar-refractivity contribution is 0.0728. The molecule has 0 atom stereocenters. The predicted octanol–water partition coefficient (Wildman–Crippen LogP) is 6.98. The summed E-state index contributed by atoms with van der Waals surface area (Å²) in [6, 6.07) is 29.5. The van der Waals surface area contributed by atoms with Crippen LogP contribution >= 0.6 is 15.9 Å². The normalized spacial score (nSPS) is 11.0. The van der Waals surface area contributed by atoms with Crippen molar-refractivity contribution in [2.75, 3.05) is 6.61 Å². The Balaban J connectivity index is 1.34. The van der Waals surface area contributed by atoms with E-state index in [1.807, 2.05) is 61.5 Å². The number of carbonyl (C=O) groups is 2. The van der Waals surface area contributed by atoms with E-state index in [-0.39, 0.29) is 11.7 Å². The van der Waals surface area contributed by atoms with E-state index in [0.717, 1.165) is 26.5 Å². The van der Waals surface area contributed by atoms with Crippen LogP contribution in [0.15, 0.2) is 107 Å². The quantitative estimate of drug-likeness (QED) is 0.0894. The van der Waals surface area contributed by atoms with Gasteiger partial charge in [0.05, 0.1) is 18.4 Å². The highest BCUT2D eigenvalue weighted by atomic mass is 79.9. The van der Waals surface area contributed by atoms with Gasteiger partial charge < -0.3 is 14.5 Å². The zero-order valence-corrected chi connectivity index (χ0v) is 22.6. The first-order valence-electron chi connectivity index (χ1n) is 12.3. The van der Waals surface area contributed by atoms with Crippen molar-refractivity contribution in [1.82, 2.24) is 10.4 Å². The number of aromatic amines is 1. The van der Waals surface area contributed by atoms with Crippen molar-refractivity contribution in [3.05, 3.63) is 118 Å². The van der Waals surface area contributed by atoms with Crippen LogP contribution in [0, 0.1) is 0 Å². The monoisotopic (exact) mass is 581 g/mol. The van der Waals surface area contributed by atoms with E-state index in [1.54, 1.807) is 42.5 Å². The van der Waals surface area contributed by atoms with Gasteiger partial charge in [-0.25, -0.2) is 10.2 Å². The molecule has 0 saturated carbocycles. The number of nitrogens with zero attached hydrogens (tertiary/aromatic N) is 1. The van der Waals surface area contributed by atoms with Crippen LogP contribution in [0.4, 0.5) is 0 Å². The number of ether oxygens (including phenoxy) is 2. The maximum atomic E-state index is 13.2. The second-order valence-electron chi connectivity index (χ2n) is 8.52. The minimum Gasteiger partial charge on any atom is -0.490 e. The fourth-order valence-electron chi connectivity index (χ4n) is 4.14. The van der Waals surface area contributed by atoms with Gasteiger partial charge in [0.1, 0.15) is 5.69 Å². The number of halogens is 1. The minimum absolute atomic E-state index is 0.288. The second kappa shape index (κ2) is 11.8. The van der Waals surface area contributed by atoms with E-state index < -0.39 is 5.97 Å². The molecule has 2 N–H and O–H groups in total. The van der Waals surface area contributed by atoms with Crippen LogP contribution in [0.2, 0.25) is 0 Å². The van der Waals surface area contributed by atoms with Gasteiger partial charge in [0.15, 0.2) is 11.5 Å². The number of nitrogens with one attached hydrogen (secondary N) is 2. The minimum atomic E-state index is -0.496. The third-order valence-corrected chi connectivity index (χ3v) is 6.45. The summed E-state index contributed by atoms with van der Waals surface area (Å²) in [6.07, 6.45) is 1.51. The fourth-order valence-corrected chi connectivity index (χ4v) is 4.40. The molecule has 0 radical (unpaired) electrons. The molecule has 1 amide bonds. The Labute approximate surface area is 233 Å². The lowest BCUT2D eigenvalue weighted by Gasteiger charge is -2.11. The standard InChI is InChI=1S/C31H24BrN3O4/c1-2-38-27-18-20(12-17-26(27)39-31(37)22-13-15-23(32)16-14-22)19-33-35-30(36)29-28(21-8-4-3-5-9-21)24-10-6-7-11-25(24)34-29/h3-19,34H,2H2,1H3,(H,35,36). The first kappa shape index (κ1) is 25.9. The van der Waals surface area contributed by atoms with E-state index in [4.69, 9.17) is 9.47 Å². The molecule has 1 aromatic heterocycles. The molecule has 0 saturated heterocycles. The van der Waals surface area contributed by atoms with Crippen molar-refractivity contribution in [2.24, 2.45) is 5.10 Å². The van der Waals surface area contributed by atoms with Crippen molar-refractivity contribution in [2.45, 2.75) is 6.92 Å². The Morgan fingerprint density at radius 2 is 1.67 bits per heavy atom. The second-order valence-corrected chi connectivity index (χ2v) is 9.44. The number of H-pyrrole nitrogens is 1. The maximum Gasteiger partial charge on any atom is 0.343 e. The van der Waals surface area contributed by atoms with Gasteiger partial charge in [-0.2, -0.15) is 5.10 Å². The highest BCUT2D eigenvalue weighted by Crippen LogP contribution is 2.32. The number of hydrazone groups is 1. The van der Waals surface area contributed by atoms with Crippen LogP contribution in [0.5, 0.6) is 11.5 Å². The third-order valence-electron chi connectivity index (χ3n) is 5.93. The molecule has 0 aliphatic carbocycles. The number of para-hydroxylation sites is 1. The maximum absolute atomic E-state index is 13.2. The molecule has 194 valence electrons. The molecule has 7 nitrogen and oxygen atoms in total. The number of benzene rings is 4. The molecule has 8 heteroatoms. The van der Waals surface area contributed by atoms with Gasteiger partial charge in [-0.15, -0.1) is 0 Å². The third kappa shape index (κ3) is 5.91. The van der Waals surface area contributed by atoms with Crippen molar-refractivity contribution in [3.8, 4) is 22.6 Å². The summed E-state index contributed by atoms with van der Waals surface area (Å²) >= 11 is 3.35. The van der Waals surface area contributed by atoms with E-state index in [0.29, 0.717) is 29.2 Å². The van der Waals surface area contributed by atoms with Gasteiger partial charge in [0.2, 0.25) is 0 Å². The average molecular weight is 582 g/mol. The number of carbonyl (C=O) groups excluding carboxylic acids is 2. The van der Waals surface area contributed by atoms with Gasteiger partial charge in [-0.05, 0) is 66.6 Å². The number of rotatable bonds is 8. The van der Waals surface area contributed by atoms with E-state index in [2.05, 4.69) is 31.4 Å². The lowest BCUT2D eigenvalue weighted by atomic mass is 10.0. The predicted molar refractivity (Wildman–Crippen MR) is 156 cm³/mol. The Morgan fingerprint density at radius 3 is 2.44 bits per heavy atom. The highest BCUT2D eigenvalue weighted by Gasteiger charge is 2.19. The lowest BCUT2D eigenvalue weighted by Crippen LogP contribution is -2.18. The van der Waals surface area contributed by atoms with Crippen molar-refractivity contribution >= 4 is 44.9 Å². The molecule has 39 heavy (non-hydrogen) atoms. The summed E-state index contributed by atoms with van der Waals surface area (Å²) in [5, 5.41) is 5.11. The van der Waals surface area contributed by atoms with Crippen LogP contribution in [-0.4, -0.2) is 29.7 Å². The first-order valence-corrected chi connectivity index (χ1v) is 13.1. The topological polar surface area (TPSA) is 92.8 Å². The SMILES string of the molecule is CCOc1cc(C=NNC(=O)c2[nH]c3ccccc3c2-c2ccccc2)ccc1OC(=O)c1ccc(Br)cc1. The first-order chi connectivity index (χ1) is 19.0. The van der Waals surface area contributed by atoms with E-state index in [1.165, 1.54) is 6.21 Å². The summed E-state index contributed by atoms with van der Waals surface area (Å²) in [5.41, 5.74) is 6.71. The van der Waals surface area contributed by atoms with Gasteiger partial charge in [0.25, 0.3) is 5.91 Å². The van der Waals surface area contributed by atoms with Crippen LogP contribution in [0.3, 0.4) is 0 Å². The molecule has 1 heterocycles. The smallest absolute Gasteiger partial charge is 0.343 e. The Kier molecular flexibility index (Phi) is 7.84. The number of hydrogen-bond donors (Lipinski definition) is 2. The van der Waals surface area contributed by atoms with Crippen LogP contribution in [-0.2, 0) is 0 Å². The van der Waals surface area contributed by atoms with Gasteiger partial charge in [0, 0.05) is 20.9 Å². The number of amides is 1. The zero-order valence-electron chi connectivity index (χ0n) is 21.0. The van der Waals surface area contributed by atoms with Crippen LogP contribution in [0.25, 0.3) is 22.0 Å². The Bertz CT molecular complexity index is 1660. The van der Waals surface area contributed by atoms with Crippen molar-refractivity contribution in [1.29, 1.82) is 0 Å². The molecule has 5 aromatic rings. The summed E-state index contributed by atoms with van der Waals surface area (Å²) in [5.74, 6) is -0.187. The van der Waals surface area contributed by atoms with E-state index >= 15 is 0 Å². The highest BCUT2D eigenvalue weighted by molar-refractivity contribution is 9.10. The average Bonchev–Trinajstić information content (AvgIpc) is 3.35. The molecule has 0 unspecified atom stereocenters. The van der Waals surface area contributed by atoms with Crippen molar-refractivity contribution in [3.63, 3.8) is 0 Å². The molecule has 0 spiro atoms. The Hall–Kier alpha value is -4.69. The Morgan fingerprint density at radius 1 is 0.923 bits per heavy atom. The summed E-state index contributed by atoms with van der Waals surface area (Å²) in [7, 11) is 0. The summed E-state index contributed by atoms with van der Waals surface area (Å²) in [4.78, 5) is 29.0. The number of hydrogen-bond acceptors (Lipinski definition) is 5. The number of aromatic nitrogens is 1. The molecular formula is C31H24BrN3O4. The summed E-state index contributed by atoms with van der Waals surface area (Å²) in [6.45, 7) is 2.22. The molecule has 0 aliphatic rings. The fraction of sp³-hybridized carbons (Fsp3) is 0.0645. The zero-order chi connectivity index (χ0) is 27.2. The van der Waals surface area contributed by atoms with Gasteiger partial charge >= 0.3 is 5.97 Å². The number of fused-ring (bicyclic) bond motifs is 1. The molecule has 0 bridgehead atoms. The van der Waals surface area contributed by atoms with Crippen LogP contribution in [0.1, 0.15) is 33.3 Å². The summed E-state index contributed by atoms with van der Waals surface area (Å²) < 4.78 is 12.1. The molecular weight excluding hydrogens is 558 g/mol. The van der Waals surface area contributed by atoms with E-state index in [9.17, 15) is 9.59 Å². The molecule has 0 aliphatic heterocycles. The van der Waals surface area contributed by atoms with Crippen LogP contribution < -0.4 is 14.9 Å². The largest absolute Gasteiger partial charge is 0.490 e. The van der Waals surface area contributed by atoms with Gasteiger partial charge in [-0.3, -0.25) is 4.79 Å². The van der Waals surface area contributed by atoms with Gasteiger partial charge in [-0.1, -0.05) is 64.5 Å². The molecule has 5 rings (SSSR count). The number of esters is 1. The van der Waals surface area contributed by atoms with Crippen molar-refractivity contribution < 1.29 is 19.1 Å². The molecule has 0 fully saturated rings. The molecule has 4 aromatic carbocycles.